The van der Waals surface area contributed by atoms with Crippen molar-refractivity contribution >= 4 is 17.6 Å². The Morgan fingerprint density at radius 1 is 1.22 bits per heavy atom. The summed E-state index contributed by atoms with van der Waals surface area (Å²) in [5.41, 5.74) is 3.84. The van der Waals surface area contributed by atoms with Gasteiger partial charge in [0.15, 0.2) is 0 Å². The molecule has 92 valence electrons. The van der Waals surface area contributed by atoms with E-state index < -0.39 is 5.78 Å². The predicted octanol–water partition coefficient (Wildman–Crippen LogP) is 2.66. The maximum Gasteiger partial charge on any atom is 0.234 e. The lowest BCUT2D eigenvalue weighted by atomic mass is 9.82. The Morgan fingerprint density at radius 2 is 1.94 bits per heavy atom. The number of fused-ring (bicyclic) bond motifs is 3. The van der Waals surface area contributed by atoms with Gasteiger partial charge in [0.25, 0.3) is 0 Å². The van der Waals surface area contributed by atoms with Gasteiger partial charge in [-0.05, 0) is 37.1 Å². The molecular formula is C15H14O3. The van der Waals surface area contributed by atoms with Crippen LogP contribution in [0.3, 0.4) is 0 Å². The zero-order valence-corrected chi connectivity index (χ0v) is 10.7. The highest BCUT2D eigenvalue weighted by Crippen LogP contribution is 2.42. The first-order valence-electron chi connectivity index (χ1n) is 6.08. The summed E-state index contributed by atoms with van der Waals surface area (Å²) in [6.45, 7) is 6.26. The number of allylic oxidation sites excluding steroid dienone is 1. The van der Waals surface area contributed by atoms with Crippen LogP contribution < -0.4 is 4.74 Å². The quantitative estimate of drug-likeness (QED) is 0.657. The third-order valence-electron chi connectivity index (χ3n) is 3.70. The van der Waals surface area contributed by atoms with E-state index in [4.69, 9.17) is 4.74 Å². The highest BCUT2D eigenvalue weighted by Gasteiger charge is 2.33. The summed E-state index contributed by atoms with van der Waals surface area (Å²) in [7, 11) is 0. The molecule has 0 radical (unpaired) electrons. The fourth-order valence-corrected chi connectivity index (χ4v) is 2.78. The van der Waals surface area contributed by atoms with E-state index in [1.165, 1.54) is 0 Å². The summed E-state index contributed by atoms with van der Waals surface area (Å²) < 4.78 is 5.63. The lowest BCUT2D eigenvalue weighted by Gasteiger charge is -2.18. The Kier molecular flexibility index (Phi) is 2.21. The number of carbonyl (C=O) groups excluding carboxylic acids is 2. The van der Waals surface area contributed by atoms with Crippen LogP contribution in [0.25, 0.3) is 6.08 Å². The van der Waals surface area contributed by atoms with Gasteiger partial charge in [0.1, 0.15) is 5.75 Å². The van der Waals surface area contributed by atoms with Crippen LogP contribution in [0.15, 0.2) is 11.6 Å². The van der Waals surface area contributed by atoms with Crippen LogP contribution in [0.5, 0.6) is 5.75 Å². The van der Waals surface area contributed by atoms with Gasteiger partial charge in [-0.25, -0.2) is 0 Å². The summed E-state index contributed by atoms with van der Waals surface area (Å²) in [5, 5.41) is 0. The number of aryl methyl sites for hydroxylation is 1. The van der Waals surface area contributed by atoms with Crippen molar-refractivity contribution in [1.82, 2.24) is 0 Å². The van der Waals surface area contributed by atoms with Gasteiger partial charge in [0, 0.05) is 22.6 Å². The average molecular weight is 242 g/mol. The Morgan fingerprint density at radius 3 is 2.67 bits per heavy atom. The molecule has 0 fully saturated rings. The molecule has 1 aliphatic carbocycles. The fourth-order valence-electron chi connectivity index (χ4n) is 2.78. The third kappa shape index (κ3) is 1.30. The van der Waals surface area contributed by atoms with Gasteiger partial charge in [-0.2, -0.15) is 0 Å². The normalized spacial score (nSPS) is 21.3. The molecule has 0 spiro atoms. The van der Waals surface area contributed by atoms with Gasteiger partial charge < -0.3 is 4.74 Å². The summed E-state index contributed by atoms with van der Waals surface area (Å²) in [4.78, 5) is 23.9. The molecule has 1 atom stereocenters. The molecule has 0 saturated carbocycles. The maximum absolute atomic E-state index is 12.1. The van der Waals surface area contributed by atoms with Crippen molar-refractivity contribution in [2.75, 3.05) is 6.61 Å². The van der Waals surface area contributed by atoms with Crippen molar-refractivity contribution in [3.05, 3.63) is 33.9 Å². The molecule has 0 bridgehead atoms. The Hall–Kier alpha value is -1.90. The van der Waals surface area contributed by atoms with Crippen molar-refractivity contribution < 1.29 is 14.3 Å². The van der Waals surface area contributed by atoms with Gasteiger partial charge in [-0.1, -0.05) is 6.92 Å². The second-order valence-corrected chi connectivity index (χ2v) is 5.09. The number of carbonyl (C=O) groups is 2. The summed E-state index contributed by atoms with van der Waals surface area (Å²) >= 11 is 0. The molecule has 0 N–H and O–H groups in total. The van der Waals surface area contributed by atoms with Gasteiger partial charge in [-0.15, -0.1) is 0 Å². The van der Waals surface area contributed by atoms with Crippen LogP contribution in [0.4, 0.5) is 0 Å². The molecule has 18 heavy (non-hydrogen) atoms. The minimum atomic E-state index is -0.392. The lowest BCUT2D eigenvalue weighted by molar-refractivity contribution is -0.111. The van der Waals surface area contributed by atoms with E-state index in [1.807, 2.05) is 19.1 Å². The van der Waals surface area contributed by atoms with E-state index in [9.17, 15) is 9.59 Å². The average Bonchev–Trinajstić information content (AvgIpc) is 2.67. The molecule has 1 aromatic rings. The molecular weight excluding hydrogens is 228 g/mol. The minimum Gasteiger partial charge on any atom is -0.493 e. The van der Waals surface area contributed by atoms with Crippen molar-refractivity contribution in [2.45, 2.75) is 26.7 Å². The summed E-state index contributed by atoms with van der Waals surface area (Å²) in [6, 6.07) is 1.87. The molecule has 3 nitrogen and oxygen atoms in total. The van der Waals surface area contributed by atoms with Crippen molar-refractivity contribution in [1.29, 1.82) is 0 Å². The third-order valence-corrected chi connectivity index (χ3v) is 3.70. The second-order valence-electron chi connectivity index (χ2n) is 5.09. The lowest BCUT2D eigenvalue weighted by Crippen LogP contribution is -2.22. The molecule has 3 heteroatoms. The molecule has 1 unspecified atom stereocenters. The zero-order valence-electron chi connectivity index (χ0n) is 10.7. The van der Waals surface area contributed by atoms with Crippen LogP contribution in [0, 0.1) is 6.92 Å². The first-order chi connectivity index (χ1) is 8.50. The Labute approximate surface area is 105 Å². The largest absolute Gasteiger partial charge is 0.493 e. The number of hydrogen-bond donors (Lipinski definition) is 0. The highest BCUT2D eigenvalue weighted by atomic mass is 16.5. The van der Waals surface area contributed by atoms with Crippen LogP contribution in [0.1, 0.15) is 46.8 Å². The molecule has 0 saturated heterocycles. The van der Waals surface area contributed by atoms with E-state index >= 15 is 0 Å². The number of ketones is 2. The molecule has 1 aliphatic heterocycles. The van der Waals surface area contributed by atoms with E-state index in [0.29, 0.717) is 17.7 Å². The van der Waals surface area contributed by atoms with Crippen molar-refractivity contribution in [3.63, 3.8) is 0 Å². The number of ether oxygens (including phenoxy) is 1. The summed E-state index contributed by atoms with van der Waals surface area (Å²) in [5.74, 6) is 0.339. The smallest absolute Gasteiger partial charge is 0.234 e. The van der Waals surface area contributed by atoms with Gasteiger partial charge in [0.05, 0.1) is 6.61 Å². The monoisotopic (exact) mass is 242 g/mol. The standard InChI is InChI=1S/C15H14O3/c1-7-5-11-12(9(3)6-18-11)10-4-8(2)14(16)15(17)13(7)10/h4-5,9H,6H2,1-3H3. The topological polar surface area (TPSA) is 43.4 Å². The molecule has 1 aromatic carbocycles. The molecule has 3 rings (SSSR count). The number of hydrogen-bond acceptors (Lipinski definition) is 3. The number of rotatable bonds is 0. The first kappa shape index (κ1) is 11.2. The van der Waals surface area contributed by atoms with Gasteiger partial charge >= 0.3 is 0 Å². The number of Topliss-reactive ketones (excluding diaryl/α,β-unsaturated/α-hetero) is 2. The van der Waals surface area contributed by atoms with Crippen molar-refractivity contribution in [2.24, 2.45) is 0 Å². The molecule has 1 heterocycles. The molecule has 0 aromatic heterocycles. The Balaban J connectivity index is 2.38. The van der Waals surface area contributed by atoms with Gasteiger partial charge in [0.2, 0.25) is 11.6 Å². The van der Waals surface area contributed by atoms with Crippen LogP contribution in [-0.2, 0) is 4.79 Å². The van der Waals surface area contributed by atoms with E-state index in [0.717, 1.165) is 22.4 Å². The number of benzene rings is 1. The fraction of sp³-hybridized carbons (Fsp3) is 0.333. The zero-order chi connectivity index (χ0) is 13.0. The van der Waals surface area contributed by atoms with Crippen molar-refractivity contribution in [3.8, 4) is 5.75 Å². The first-order valence-corrected chi connectivity index (χ1v) is 6.08. The predicted molar refractivity (Wildman–Crippen MR) is 68.1 cm³/mol. The van der Waals surface area contributed by atoms with E-state index in [2.05, 4.69) is 6.92 Å². The highest BCUT2D eigenvalue weighted by molar-refractivity contribution is 6.52. The van der Waals surface area contributed by atoms with Crippen LogP contribution >= 0.6 is 0 Å². The maximum atomic E-state index is 12.1. The van der Waals surface area contributed by atoms with Crippen LogP contribution in [-0.4, -0.2) is 18.2 Å². The molecule has 2 aliphatic rings. The van der Waals surface area contributed by atoms with E-state index in [-0.39, 0.29) is 11.7 Å². The second kappa shape index (κ2) is 3.55. The minimum absolute atomic E-state index is 0.263. The van der Waals surface area contributed by atoms with Crippen LogP contribution in [0.2, 0.25) is 0 Å². The molecule has 0 amide bonds. The SMILES string of the molecule is CC1=Cc2c(c(C)cc3c2C(C)CO3)C(=O)C1=O. The Bertz CT molecular complexity index is 623. The summed E-state index contributed by atoms with van der Waals surface area (Å²) in [6.07, 6.45) is 1.83. The van der Waals surface area contributed by atoms with E-state index in [1.54, 1.807) is 6.92 Å². The van der Waals surface area contributed by atoms with Gasteiger partial charge in [-0.3, -0.25) is 9.59 Å².